The number of fused-ring (bicyclic) bond motifs is 1. The molecule has 2 aliphatic rings. The molecule has 120 valence electrons. The Morgan fingerprint density at radius 1 is 1.36 bits per heavy atom. The number of ether oxygens (including phenoxy) is 1. The predicted octanol–water partition coefficient (Wildman–Crippen LogP) is 1.74. The van der Waals surface area contributed by atoms with Crippen LogP contribution >= 0.6 is 0 Å². The van der Waals surface area contributed by atoms with Gasteiger partial charge in [-0.05, 0) is 62.9 Å². The second kappa shape index (κ2) is 6.16. The maximum absolute atomic E-state index is 12.4. The minimum absolute atomic E-state index is 0.0321. The van der Waals surface area contributed by atoms with E-state index < -0.39 is 0 Å². The van der Waals surface area contributed by atoms with Crippen molar-refractivity contribution in [2.45, 2.75) is 25.3 Å². The first kappa shape index (κ1) is 15.2. The van der Waals surface area contributed by atoms with Gasteiger partial charge in [0.2, 0.25) is 0 Å². The Hall–Kier alpha value is -1.75. The molecule has 0 bridgehead atoms. The summed E-state index contributed by atoms with van der Waals surface area (Å²) in [5, 5.41) is 3.18. The molecule has 2 fully saturated rings. The van der Waals surface area contributed by atoms with E-state index in [9.17, 15) is 4.79 Å². The van der Waals surface area contributed by atoms with Crippen molar-refractivity contribution in [3.8, 4) is 5.75 Å². The lowest BCUT2D eigenvalue weighted by Crippen LogP contribution is -2.35. The Labute approximate surface area is 131 Å². The van der Waals surface area contributed by atoms with E-state index in [1.54, 1.807) is 25.3 Å². The van der Waals surface area contributed by atoms with E-state index in [2.05, 4.69) is 17.3 Å². The third-order valence-electron chi connectivity index (χ3n) is 5.10. The first-order chi connectivity index (χ1) is 10.6. The van der Waals surface area contributed by atoms with Gasteiger partial charge in [0.05, 0.1) is 12.8 Å². The summed E-state index contributed by atoms with van der Waals surface area (Å²) in [6.45, 7) is 2.34. The lowest BCUT2D eigenvalue weighted by Gasteiger charge is -2.31. The fraction of sp³-hybridized carbons (Fsp3) is 0.588. The summed E-state index contributed by atoms with van der Waals surface area (Å²) in [4.78, 5) is 14.8. The highest BCUT2D eigenvalue weighted by molar-refractivity contribution is 5.95. The molecule has 22 heavy (non-hydrogen) atoms. The van der Waals surface area contributed by atoms with Crippen molar-refractivity contribution in [1.82, 2.24) is 10.2 Å². The molecule has 1 heterocycles. The number of piperidine rings is 1. The summed E-state index contributed by atoms with van der Waals surface area (Å²) in [5.41, 5.74) is 6.95. The molecule has 1 saturated carbocycles. The number of carbonyl (C=O) groups is 1. The van der Waals surface area contributed by atoms with Crippen LogP contribution in [-0.2, 0) is 0 Å². The Kier molecular flexibility index (Phi) is 4.25. The fourth-order valence-corrected chi connectivity index (χ4v) is 3.91. The molecule has 1 aliphatic carbocycles. The van der Waals surface area contributed by atoms with Gasteiger partial charge in [-0.3, -0.25) is 4.79 Å². The molecule has 1 aromatic carbocycles. The van der Waals surface area contributed by atoms with Gasteiger partial charge in [0, 0.05) is 18.2 Å². The molecule has 0 spiro atoms. The summed E-state index contributed by atoms with van der Waals surface area (Å²) in [5.74, 6) is 2.01. The zero-order valence-corrected chi connectivity index (χ0v) is 13.3. The lowest BCUT2D eigenvalue weighted by molar-refractivity contribution is 0.0936. The maximum atomic E-state index is 12.4. The quantitative estimate of drug-likeness (QED) is 0.835. The normalized spacial score (nSPS) is 28.2. The Morgan fingerprint density at radius 3 is 2.91 bits per heavy atom. The third-order valence-corrected chi connectivity index (χ3v) is 5.10. The molecular weight excluding hydrogens is 278 g/mol. The number of rotatable bonds is 3. The average molecular weight is 303 g/mol. The molecule has 0 aromatic heterocycles. The van der Waals surface area contributed by atoms with Gasteiger partial charge in [-0.2, -0.15) is 0 Å². The van der Waals surface area contributed by atoms with E-state index in [0.29, 0.717) is 17.0 Å². The number of amides is 1. The maximum Gasteiger partial charge on any atom is 0.251 e. The largest absolute Gasteiger partial charge is 0.495 e. The molecule has 3 N–H and O–H groups in total. The molecule has 0 radical (unpaired) electrons. The van der Waals surface area contributed by atoms with E-state index in [1.165, 1.54) is 13.0 Å². The van der Waals surface area contributed by atoms with E-state index in [1.807, 2.05) is 0 Å². The van der Waals surface area contributed by atoms with Gasteiger partial charge in [-0.1, -0.05) is 0 Å². The number of anilines is 1. The van der Waals surface area contributed by atoms with E-state index in [4.69, 9.17) is 10.5 Å². The second-order valence-electron chi connectivity index (χ2n) is 6.67. The van der Waals surface area contributed by atoms with Gasteiger partial charge in [-0.25, -0.2) is 0 Å². The molecule has 3 atom stereocenters. The van der Waals surface area contributed by atoms with Gasteiger partial charge in [-0.15, -0.1) is 0 Å². The SMILES string of the molecule is COc1cc(C(=O)N[C@H]2C[C@@H]3CCN(C)C[C@@H]3C2)ccc1N. The van der Waals surface area contributed by atoms with Crippen molar-refractivity contribution in [3.05, 3.63) is 23.8 Å². The minimum Gasteiger partial charge on any atom is -0.495 e. The zero-order valence-electron chi connectivity index (χ0n) is 13.3. The van der Waals surface area contributed by atoms with Crippen molar-refractivity contribution in [2.75, 3.05) is 33.0 Å². The first-order valence-electron chi connectivity index (χ1n) is 7.99. The highest BCUT2D eigenvalue weighted by Gasteiger charge is 2.37. The van der Waals surface area contributed by atoms with Gasteiger partial charge in [0.25, 0.3) is 5.91 Å². The molecule has 5 nitrogen and oxygen atoms in total. The molecule has 0 unspecified atom stereocenters. The average Bonchev–Trinajstić information content (AvgIpc) is 2.88. The topological polar surface area (TPSA) is 67.6 Å². The molecule has 1 amide bonds. The summed E-state index contributed by atoms with van der Waals surface area (Å²) in [6, 6.07) is 5.47. The number of methoxy groups -OCH3 is 1. The first-order valence-corrected chi connectivity index (χ1v) is 7.99. The fourth-order valence-electron chi connectivity index (χ4n) is 3.91. The smallest absolute Gasteiger partial charge is 0.251 e. The van der Waals surface area contributed by atoms with Crippen LogP contribution in [0, 0.1) is 11.8 Å². The molecule has 3 rings (SSSR count). The molecule has 1 aromatic rings. The van der Waals surface area contributed by atoms with Crippen LogP contribution in [0.25, 0.3) is 0 Å². The lowest BCUT2D eigenvalue weighted by atomic mass is 9.89. The number of nitrogens with two attached hydrogens (primary N) is 1. The van der Waals surface area contributed by atoms with Crippen molar-refractivity contribution >= 4 is 11.6 Å². The van der Waals surface area contributed by atoms with Crippen LogP contribution in [0.1, 0.15) is 29.6 Å². The van der Waals surface area contributed by atoms with Crippen LogP contribution in [-0.4, -0.2) is 44.1 Å². The molecular formula is C17H25N3O2. The second-order valence-corrected chi connectivity index (χ2v) is 6.67. The Bertz CT molecular complexity index is 561. The number of hydrogen-bond acceptors (Lipinski definition) is 4. The molecule has 1 aliphatic heterocycles. The Balaban J connectivity index is 1.63. The van der Waals surface area contributed by atoms with Crippen molar-refractivity contribution < 1.29 is 9.53 Å². The number of hydrogen-bond donors (Lipinski definition) is 2. The molecule has 1 saturated heterocycles. The Morgan fingerprint density at radius 2 is 2.14 bits per heavy atom. The van der Waals surface area contributed by atoms with Crippen LogP contribution in [0.5, 0.6) is 5.75 Å². The monoisotopic (exact) mass is 303 g/mol. The van der Waals surface area contributed by atoms with Gasteiger partial charge < -0.3 is 20.7 Å². The third kappa shape index (κ3) is 3.04. The highest BCUT2D eigenvalue weighted by Crippen LogP contribution is 2.37. The van der Waals surface area contributed by atoms with Crippen molar-refractivity contribution in [1.29, 1.82) is 0 Å². The van der Waals surface area contributed by atoms with Crippen LogP contribution in [0.4, 0.5) is 5.69 Å². The summed E-state index contributed by atoms with van der Waals surface area (Å²) < 4.78 is 5.18. The van der Waals surface area contributed by atoms with E-state index in [0.717, 1.165) is 31.2 Å². The number of carbonyl (C=O) groups excluding carboxylic acids is 1. The zero-order chi connectivity index (χ0) is 15.7. The predicted molar refractivity (Wildman–Crippen MR) is 87.0 cm³/mol. The number of benzene rings is 1. The number of likely N-dealkylation sites (tertiary alicyclic amines) is 1. The van der Waals surface area contributed by atoms with Gasteiger partial charge >= 0.3 is 0 Å². The van der Waals surface area contributed by atoms with Crippen LogP contribution in [0.2, 0.25) is 0 Å². The number of nitrogens with zero attached hydrogens (tertiary/aromatic N) is 1. The highest BCUT2D eigenvalue weighted by atomic mass is 16.5. The summed E-state index contributed by atoms with van der Waals surface area (Å²) >= 11 is 0. The van der Waals surface area contributed by atoms with Crippen LogP contribution in [0.15, 0.2) is 18.2 Å². The van der Waals surface area contributed by atoms with Crippen LogP contribution in [0.3, 0.4) is 0 Å². The minimum atomic E-state index is -0.0321. The van der Waals surface area contributed by atoms with Gasteiger partial charge in [0.15, 0.2) is 0 Å². The standard InChI is InChI=1S/C17H25N3O2/c1-20-6-5-11-7-14(8-13(11)10-20)19-17(21)12-3-4-15(18)16(9-12)22-2/h3-4,9,11,13-14H,5-8,10,18H2,1-2H3,(H,19,21)/t11-,13-,14-/m0/s1. The van der Waals surface area contributed by atoms with Gasteiger partial charge in [0.1, 0.15) is 5.75 Å². The van der Waals surface area contributed by atoms with Crippen LogP contribution < -0.4 is 15.8 Å². The van der Waals surface area contributed by atoms with Crippen molar-refractivity contribution in [2.24, 2.45) is 11.8 Å². The summed E-state index contributed by atoms with van der Waals surface area (Å²) in [7, 11) is 3.74. The number of nitrogens with one attached hydrogen (secondary N) is 1. The number of nitrogen functional groups attached to an aromatic ring is 1. The van der Waals surface area contributed by atoms with E-state index >= 15 is 0 Å². The summed E-state index contributed by atoms with van der Waals surface area (Å²) in [6.07, 6.45) is 3.45. The van der Waals surface area contributed by atoms with Crippen molar-refractivity contribution in [3.63, 3.8) is 0 Å². The van der Waals surface area contributed by atoms with E-state index in [-0.39, 0.29) is 11.9 Å². The molecule has 5 heteroatoms.